The zero-order chi connectivity index (χ0) is 13.8. The van der Waals surface area contributed by atoms with Crippen molar-refractivity contribution in [1.29, 1.82) is 0 Å². The van der Waals surface area contributed by atoms with Crippen molar-refractivity contribution in [2.24, 2.45) is 0 Å². The van der Waals surface area contributed by atoms with E-state index in [2.05, 4.69) is 10.6 Å². The molecule has 0 fully saturated rings. The lowest BCUT2D eigenvalue weighted by Gasteiger charge is -2.28. The summed E-state index contributed by atoms with van der Waals surface area (Å²) in [5.74, 6) is 0.273. The molecule has 0 aliphatic carbocycles. The number of hydrogen-bond donors (Lipinski definition) is 2. The fourth-order valence-corrected chi connectivity index (χ4v) is 2.18. The summed E-state index contributed by atoms with van der Waals surface area (Å²) in [5.41, 5.74) is 1.18. The van der Waals surface area contributed by atoms with Crippen molar-refractivity contribution in [2.75, 3.05) is 6.61 Å². The summed E-state index contributed by atoms with van der Waals surface area (Å²) in [6.45, 7) is 4.14. The van der Waals surface area contributed by atoms with Gasteiger partial charge < -0.3 is 19.8 Å². The highest BCUT2D eigenvalue weighted by Crippen LogP contribution is 2.27. The molecular formula is C13H16N2O3S. The average molecular weight is 280 g/mol. The van der Waals surface area contributed by atoms with Crippen LogP contribution in [0, 0.1) is 0 Å². The quantitative estimate of drug-likeness (QED) is 0.650. The third-order valence-corrected chi connectivity index (χ3v) is 2.97. The van der Waals surface area contributed by atoms with Gasteiger partial charge in [0.25, 0.3) is 0 Å². The Morgan fingerprint density at radius 2 is 2.37 bits per heavy atom. The number of allylic oxidation sites excluding steroid dienone is 1. The van der Waals surface area contributed by atoms with Gasteiger partial charge in [-0.2, -0.15) is 0 Å². The molecule has 1 aliphatic rings. The molecule has 5 nitrogen and oxygen atoms in total. The van der Waals surface area contributed by atoms with E-state index in [4.69, 9.17) is 21.4 Å². The Morgan fingerprint density at radius 1 is 1.58 bits per heavy atom. The molecule has 1 aromatic rings. The number of thiocarbonyl (C=S) groups is 1. The highest BCUT2D eigenvalue weighted by atomic mass is 32.1. The smallest absolute Gasteiger partial charge is 0.338 e. The van der Waals surface area contributed by atoms with Crippen LogP contribution in [0.25, 0.3) is 0 Å². The summed E-state index contributed by atoms with van der Waals surface area (Å²) in [5, 5.41) is 6.42. The first-order valence-electron chi connectivity index (χ1n) is 6.12. The van der Waals surface area contributed by atoms with E-state index in [1.807, 2.05) is 6.92 Å². The van der Waals surface area contributed by atoms with Crippen molar-refractivity contribution in [3.05, 3.63) is 35.4 Å². The summed E-state index contributed by atoms with van der Waals surface area (Å²) in [6.07, 6.45) is 2.34. The van der Waals surface area contributed by atoms with Gasteiger partial charge in [0.1, 0.15) is 11.8 Å². The van der Waals surface area contributed by atoms with Crippen LogP contribution in [0.4, 0.5) is 0 Å². The van der Waals surface area contributed by atoms with Gasteiger partial charge in [-0.05, 0) is 37.7 Å². The van der Waals surface area contributed by atoms with Crippen molar-refractivity contribution in [1.82, 2.24) is 10.6 Å². The van der Waals surface area contributed by atoms with Crippen molar-refractivity contribution in [2.45, 2.75) is 26.3 Å². The van der Waals surface area contributed by atoms with Crippen molar-refractivity contribution >= 4 is 23.3 Å². The first-order valence-corrected chi connectivity index (χ1v) is 6.53. The Morgan fingerprint density at radius 3 is 3.00 bits per heavy atom. The van der Waals surface area contributed by atoms with Gasteiger partial charge in [0.05, 0.1) is 18.4 Å². The maximum Gasteiger partial charge on any atom is 0.338 e. The maximum absolute atomic E-state index is 12.1. The number of nitrogens with one attached hydrogen (secondary N) is 2. The minimum atomic E-state index is -0.409. The van der Waals surface area contributed by atoms with Crippen LogP contribution in [0.5, 0.6) is 0 Å². The third kappa shape index (κ3) is 2.96. The molecule has 0 aromatic carbocycles. The van der Waals surface area contributed by atoms with E-state index in [0.717, 1.165) is 6.42 Å². The van der Waals surface area contributed by atoms with Crippen LogP contribution in [0.15, 0.2) is 34.1 Å². The van der Waals surface area contributed by atoms with Crippen molar-refractivity contribution in [3.8, 4) is 0 Å². The summed E-state index contributed by atoms with van der Waals surface area (Å²) >= 11 is 5.11. The van der Waals surface area contributed by atoms with Gasteiger partial charge in [-0.15, -0.1) is 0 Å². The number of esters is 1. The Labute approximate surface area is 117 Å². The summed E-state index contributed by atoms with van der Waals surface area (Å²) < 4.78 is 10.6. The lowest BCUT2D eigenvalue weighted by atomic mass is 10.0. The number of ether oxygens (including phenoxy) is 1. The molecule has 2 rings (SSSR count). The van der Waals surface area contributed by atoms with Crippen LogP contribution < -0.4 is 10.6 Å². The van der Waals surface area contributed by atoms with Gasteiger partial charge in [-0.3, -0.25) is 0 Å². The molecule has 1 aliphatic heterocycles. The highest BCUT2D eigenvalue weighted by Gasteiger charge is 2.32. The number of hydrogen-bond acceptors (Lipinski definition) is 4. The van der Waals surface area contributed by atoms with Gasteiger partial charge in [0.2, 0.25) is 0 Å². The van der Waals surface area contributed by atoms with Crippen LogP contribution in [-0.4, -0.2) is 17.7 Å². The Hall–Kier alpha value is -1.82. The first kappa shape index (κ1) is 13.6. The molecule has 6 heteroatoms. The molecule has 102 valence electrons. The lowest BCUT2D eigenvalue weighted by Crippen LogP contribution is -2.45. The van der Waals surface area contributed by atoms with Crippen LogP contribution in [0.1, 0.15) is 32.1 Å². The predicted molar refractivity (Wildman–Crippen MR) is 74.3 cm³/mol. The van der Waals surface area contributed by atoms with E-state index >= 15 is 0 Å². The zero-order valence-electron chi connectivity index (χ0n) is 10.9. The van der Waals surface area contributed by atoms with Crippen LogP contribution in [0.2, 0.25) is 0 Å². The first-order chi connectivity index (χ1) is 9.13. The van der Waals surface area contributed by atoms with Crippen LogP contribution in [0.3, 0.4) is 0 Å². The fraction of sp³-hybridized carbons (Fsp3) is 0.385. The molecule has 0 bridgehead atoms. The summed E-state index contributed by atoms with van der Waals surface area (Å²) in [7, 11) is 0. The number of rotatable bonds is 4. The molecule has 2 heterocycles. The third-order valence-electron chi connectivity index (χ3n) is 2.75. The largest absolute Gasteiger partial charge is 0.467 e. The SMILES string of the molecule is CCCOC(=O)C1=C(C)NC(=S)NC1c1ccco1. The molecule has 19 heavy (non-hydrogen) atoms. The Bertz CT molecular complexity index is 508. The highest BCUT2D eigenvalue weighted by molar-refractivity contribution is 7.80. The van der Waals surface area contributed by atoms with Crippen molar-refractivity contribution in [3.63, 3.8) is 0 Å². The van der Waals surface area contributed by atoms with E-state index < -0.39 is 6.04 Å². The summed E-state index contributed by atoms with van der Waals surface area (Å²) in [4.78, 5) is 12.1. The number of carbonyl (C=O) groups is 1. The van der Waals surface area contributed by atoms with E-state index in [0.29, 0.717) is 28.7 Å². The van der Waals surface area contributed by atoms with Gasteiger partial charge in [0, 0.05) is 5.70 Å². The number of furan rings is 1. The zero-order valence-corrected chi connectivity index (χ0v) is 11.7. The molecular weight excluding hydrogens is 264 g/mol. The second-order valence-corrected chi connectivity index (χ2v) is 4.63. The van der Waals surface area contributed by atoms with Crippen molar-refractivity contribution < 1.29 is 13.9 Å². The lowest BCUT2D eigenvalue weighted by molar-refractivity contribution is -0.139. The molecule has 0 saturated heterocycles. The van der Waals surface area contributed by atoms with E-state index in [1.54, 1.807) is 25.3 Å². The molecule has 1 aromatic heterocycles. The Kier molecular flexibility index (Phi) is 4.21. The normalized spacial score (nSPS) is 18.8. The molecule has 0 radical (unpaired) electrons. The summed E-state index contributed by atoms with van der Waals surface area (Å²) in [6, 6.07) is 3.16. The van der Waals surface area contributed by atoms with E-state index in [-0.39, 0.29) is 5.97 Å². The number of carbonyl (C=O) groups excluding carboxylic acids is 1. The average Bonchev–Trinajstić information content (AvgIpc) is 2.88. The second-order valence-electron chi connectivity index (χ2n) is 4.22. The maximum atomic E-state index is 12.1. The van der Waals surface area contributed by atoms with Gasteiger partial charge >= 0.3 is 5.97 Å². The molecule has 0 amide bonds. The Balaban J connectivity index is 2.31. The van der Waals surface area contributed by atoms with Gasteiger partial charge in [0.15, 0.2) is 5.11 Å². The van der Waals surface area contributed by atoms with Gasteiger partial charge in [-0.25, -0.2) is 4.79 Å². The second kappa shape index (κ2) is 5.88. The topological polar surface area (TPSA) is 63.5 Å². The molecule has 0 saturated carbocycles. The van der Waals surface area contributed by atoms with Crippen LogP contribution in [-0.2, 0) is 9.53 Å². The van der Waals surface area contributed by atoms with E-state index in [9.17, 15) is 4.79 Å². The molecule has 2 N–H and O–H groups in total. The molecule has 0 spiro atoms. The minimum absolute atomic E-state index is 0.358. The van der Waals surface area contributed by atoms with Gasteiger partial charge in [-0.1, -0.05) is 6.92 Å². The predicted octanol–water partition coefficient (Wildman–Crippen LogP) is 2.03. The molecule has 1 unspecified atom stereocenters. The van der Waals surface area contributed by atoms with E-state index in [1.165, 1.54) is 0 Å². The standard InChI is InChI=1S/C13H16N2O3S/c1-3-6-18-12(16)10-8(2)14-13(19)15-11(10)9-5-4-7-17-9/h4-5,7,11H,3,6H2,1-2H3,(H2,14,15,19). The fourth-order valence-electron chi connectivity index (χ4n) is 1.91. The molecule has 1 atom stereocenters. The van der Waals surface area contributed by atoms with Crippen LogP contribution >= 0.6 is 12.2 Å². The minimum Gasteiger partial charge on any atom is -0.467 e. The monoisotopic (exact) mass is 280 g/mol.